The number of halogens is 1. The van der Waals surface area contributed by atoms with Gasteiger partial charge in [-0.2, -0.15) is 4.39 Å². The minimum Gasteiger partial charge on any atom is -0.461 e. The second-order valence-corrected chi connectivity index (χ2v) is 3.39. The number of carbonyl (C=O) groups is 1. The summed E-state index contributed by atoms with van der Waals surface area (Å²) in [6, 6.07) is 3.73. The first-order chi connectivity index (χ1) is 8.45. The van der Waals surface area contributed by atoms with Crippen molar-refractivity contribution in [2.45, 2.75) is 20.2 Å². The molecule has 7 heteroatoms. The fraction of sp³-hybridized carbons (Fsp3) is 0.364. The van der Waals surface area contributed by atoms with Crippen LogP contribution in [0, 0.1) is 17.0 Å². The highest BCUT2D eigenvalue weighted by molar-refractivity contribution is 5.73. The number of hydrogen-bond donors (Lipinski definition) is 0. The van der Waals surface area contributed by atoms with Crippen LogP contribution in [0.25, 0.3) is 0 Å². The van der Waals surface area contributed by atoms with E-state index in [4.69, 9.17) is 4.74 Å². The van der Waals surface area contributed by atoms with Crippen LogP contribution in [0.1, 0.15) is 12.5 Å². The monoisotopic (exact) mass is 257 g/mol. The molecule has 0 aliphatic heterocycles. The number of hydrogen-bond acceptors (Lipinski definition) is 5. The van der Waals surface area contributed by atoms with Crippen LogP contribution >= 0.6 is 0 Å². The van der Waals surface area contributed by atoms with Gasteiger partial charge in [-0.1, -0.05) is 0 Å². The number of carbonyl (C=O) groups excluding carboxylic acids is 1. The van der Waals surface area contributed by atoms with E-state index < -0.39 is 17.3 Å². The van der Waals surface area contributed by atoms with Crippen LogP contribution < -0.4 is 4.74 Å². The van der Waals surface area contributed by atoms with Gasteiger partial charge in [-0.15, -0.1) is 0 Å². The van der Waals surface area contributed by atoms with E-state index in [9.17, 15) is 19.3 Å². The largest absolute Gasteiger partial charge is 0.461 e. The molecule has 1 unspecified atom stereocenters. The molecule has 0 aromatic heterocycles. The number of rotatable bonds is 5. The van der Waals surface area contributed by atoms with Gasteiger partial charge in [0.05, 0.1) is 17.6 Å². The Morgan fingerprint density at radius 2 is 2.22 bits per heavy atom. The summed E-state index contributed by atoms with van der Waals surface area (Å²) in [5, 5.41) is 10.6. The number of nitrogens with zero attached hydrogens (tertiary/aromatic N) is 1. The lowest BCUT2D eigenvalue weighted by Crippen LogP contribution is -2.25. The van der Waals surface area contributed by atoms with Crippen molar-refractivity contribution in [1.82, 2.24) is 0 Å². The molecule has 0 saturated heterocycles. The van der Waals surface area contributed by atoms with E-state index in [1.54, 1.807) is 6.92 Å². The molecule has 0 radical (unpaired) electrons. The molecule has 0 spiro atoms. The Hall–Kier alpha value is -2.18. The standard InChI is InChI=1S/C11H12FNO5/c1-3-17-11(14)10(12)18-9-6-8(13(15)16)5-4-7(9)2/h4-6,10H,3H2,1-2H3. The molecule has 0 bridgehead atoms. The van der Waals surface area contributed by atoms with Gasteiger partial charge in [-0.05, 0) is 25.5 Å². The van der Waals surface area contributed by atoms with Crippen molar-refractivity contribution < 1.29 is 23.6 Å². The summed E-state index contributed by atoms with van der Waals surface area (Å²) in [5.41, 5.74) is 0.235. The second-order valence-electron chi connectivity index (χ2n) is 3.39. The number of alkyl halides is 1. The van der Waals surface area contributed by atoms with Gasteiger partial charge in [-0.3, -0.25) is 10.1 Å². The van der Waals surface area contributed by atoms with Crippen molar-refractivity contribution in [2.24, 2.45) is 0 Å². The maximum atomic E-state index is 13.3. The maximum Gasteiger partial charge on any atom is 0.381 e. The van der Waals surface area contributed by atoms with Crippen molar-refractivity contribution in [1.29, 1.82) is 0 Å². The van der Waals surface area contributed by atoms with Gasteiger partial charge in [0.25, 0.3) is 5.69 Å². The third-order valence-electron chi connectivity index (χ3n) is 2.08. The van der Waals surface area contributed by atoms with Gasteiger partial charge < -0.3 is 9.47 Å². The summed E-state index contributed by atoms with van der Waals surface area (Å²) in [6.45, 7) is 3.14. The number of benzene rings is 1. The number of nitro benzene ring substituents is 1. The Balaban J connectivity index is 2.86. The van der Waals surface area contributed by atoms with Crippen molar-refractivity contribution in [2.75, 3.05) is 6.61 Å². The summed E-state index contributed by atoms with van der Waals surface area (Å²) in [5.74, 6) is -1.23. The number of esters is 1. The molecule has 0 aliphatic rings. The molecular weight excluding hydrogens is 245 g/mol. The van der Waals surface area contributed by atoms with Gasteiger partial charge >= 0.3 is 12.3 Å². The molecule has 98 valence electrons. The number of ether oxygens (including phenoxy) is 2. The third kappa shape index (κ3) is 3.41. The Labute approximate surface area is 102 Å². The number of non-ortho nitro benzene ring substituents is 1. The molecule has 18 heavy (non-hydrogen) atoms. The maximum absolute atomic E-state index is 13.3. The molecule has 0 fully saturated rings. The summed E-state index contributed by atoms with van der Waals surface area (Å²) < 4.78 is 22.4. The fourth-order valence-corrected chi connectivity index (χ4v) is 1.20. The topological polar surface area (TPSA) is 78.7 Å². The first-order valence-corrected chi connectivity index (χ1v) is 5.18. The minimum atomic E-state index is -2.30. The fourth-order valence-electron chi connectivity index (χ4n) is 1.20. The van der Waals surface area contributed by atoms with Crippen molar-refractivity contribution in [3.05, 3.63) is 33.9 Å². The SMILES string of the molecule is CCOC(=O)C(F)Oc1cc([N+](=O)[O-])ccc1C. The summed E-state index contributed by atoms with van der Waals surface area (Å²) in [4.78, 5) is 20.9. The van der Waals surface area contributed by atoms with Crippen LogP contribution in [0.15, 0.2) is 18.2 Å². The lowest BCUT2D eigenvalue weighted by Gasteiger charge is -2.11. The molecule has 1 aromatic rings. The molecule has 0 amide bonds. The van der Waals surface area contributed by atoms with E-state index in [1.165, 1.54) is 19.1 Å². The molecule has 0 N–H and O–H groups in total. The zero-order valence-corrected chi connectivity index (χ0v) is 9.88. The van der Waals surface area contributed by atoms with E-state index in [0.717, 1.165) is 6.07 Å². The van der Waals surface area contributed by atoms with Gasteiger partial charge in [0, 0.05) is 6.07 Å². The summed E-state index contributed by atoms with van der Waals surface area (Å²) in [7, 11) is 0. The number of aryl methyl sites for hydroxylation is 1. The third-order valence-corrected chi connectivity index (χ3v) is 2.08. The summed E-state index contributed by atoms with van der Waals surface area (Å²) >= 11 is 0. The van der Waals surface area contributed by atoms with Crippen LogP contribution in [-0.4, -0.2) is 23.9 Å². The van der Waals surface area contributed by atoms with E-state index in [2.05, 4.69) is 4.74 Å². The minimum absolute atomic E-state index is 0.0243. The lowest BCUT2D eigenvalue weighted by molar-refractivity contribution is -0.385. The van der Waals surface area contributed by atoms with Crippen LogP contribution in [0.5, 0.6) is 5.75 Å². The van der Waals surface area contributed by atoms with Crippen molar-refractivity contribution >= 4 is 11.7 Å². The van der Waals surface area contributed by atoms with Gasteiger partial charge in [-0.25, -0.2) is 4.79 Å². The number of nitro groups is 1. The zero-order valence-electron chi connectivity index (χ0n) is 9.88. The Kier molecular flexibility index (Phi) is 4.59. The van der Waals surface area contributed by atoms with Gasteiger partial charge in [0.1, 0.15) is 5.75 Å². The highest BCUT2D eigenvalue weighted by atomic mass is 19.1. The normalized spacial score (nSPS) is 11.7. The molecule has 1 aromatic carbocycles. The lowest BCUT2D eigenvalue weighted by atomic mass is 10.2. The van der Waals surface area contributed by atoms with Crippen molar-refractivity contribution in [3.63, 3.8) is 0 Å². The smallest absolute Gasteiger partial charge is 0.381 e. The Morgan fingerprint density at radius 3 is 2.78 bits per heavy atom. The summed E-state index contributed by atoms with van der Waals surface area (Å²) in [6.07, 6.45) is -2.30. The predicted octanol–water partition coefficient (Wildman–Crippen LogP) is 2.14. The first kappa shape index (κ1) is 13.9. The highest BCUT2D eigenvalue weighted by Gasteiger charge is 2.22. The van der Waals surface area contributed by atoms with E-state index in [0.29, 0.717) is 5.56 Å². The molecule has 0 aliphatic carbocycles. The zero-order chi connectivity index (χ0) is 13.7. The van der Waals surface area contributed by atoms with Crippen molar-refractivity contribution in [3.8, 4) is 5.75 Å². The Morgan fingerprint density at radius 1 is 1.56 bits per heavy atom. The Bertz CT molecular complexity index is 463. The molecule has 1 atom stereocenters. The van der Waals surface area contributed by atoms with E-state index >= 15 is 0 Å². The molecule has 0 heterocycles. The van der Waals surface area contributed by atoms with Gasteiger partial charge in [0.15, 0.2) is 0 Å². The van der Waals surface area contributed by atoms with Crippen LogP contribution in [0.3, 0.4) is 0 Å². The molecular formula is C11H12FNO5. The predicted molar refractivity (Wildman–Crippen MR) is 60.0 cm³/mol. The van der Waals surface area contributed by atoms with Gasteiger partial charge in [0.2, 0.25) is 0 Å². The molecule has 0 saturated carbocycles. The second kappa shape index (κ2) is 5.95. The highest BCUT2D eigenvalue weighted by Crippen LogP contribution is 2.25. The molecule has 6 nitrogen and oxygen atoms in total. The van der Waals surface area contributed by atoms with E-state index in [-0.39, 0.29) is 18.0 Å². The molecule has 1 rings (SSSR count). The van der Waals surface area contributed by atoms with Crippen LogP contribution in [-0.2, 0) is 9.53 Å². The van der Waals surface area contributed by atoms with E-state index in [1.807, 2.05) is 0 Å². The first-order valence-electron chi connectivity index (χ1n) is 5.18. The average molecular weight is 257 g/mol. The quantitative estimate of drug-likeness (QED) is 0.458. The van der Waals surface area contributed by atoms with Crippen LogP contribution in [0.4, 0.5) is 10.1 Å². The average Bonchev–Trinajstić information content (AvgIpc) is 2.31. The van der Waals surface area contributed by atoms with Crippen LogP contribution in [0.2, 0.25) is 0 Å².